The zero-order chi connectivity index (χ0) is 20.9. The van der Waals surface area contributed by atoms with Crippen LogP contribution in [0.15, 0.2) is 73.3 Å². The lowest BCUT2D eigenvalue weighted by Crippen LogP contribution is -2.14. The van der Waals surface area contributed by atoms with Crippen LogP contribution >= 0.6 is 0 Å². The molecule has 8 heteroatoms. The van der Waals surface area contributed by atoms with E-state index in [4.69, 9.17) is 0 Å². The molecule has 0 saturated carbocycles. The van der Waals surface area contributed by atoms with Crippen LogP contribution in [0.25, 0.3) is 11.3 Å². The molecule has 4 aromatic rings. The van der Waals surface area contributed by atoms with Crippen molar-refractivity contribution in [2.24, 2.45) is 0 Å². The van der Waals surface area contributed by atoms with Gasteiger partial charge in [-0.1, -0.05) is 6.07 Å². The lowest BCUT2D eigenvalue weighted by molar-refractivity contribution is 0.101. The van der Waals surface area contributed by atoms with Crippen LogP contribution in [-0.4, -0.2) is 30.9 Å². The van der Waals surface area contributed by atoms with Gasteiger partial charge >= 0.3 is 0 Å². The molecule has 0 bridgehead atoms. The summed E-state index contributed by atoms with van der Waals surface area (Å²) in [5.41, 5.74) is 3.82. The highest BCUT2D eigenvalue weighted by molar-refractivity contribution is 6.04. The van der Waals surface area contributed by atoms with Gasteiger partial charge in [0.25, 0.3) is 5.91 Å². The maximum atomic E-state index is 12.4. The van der Waals surface area contributed by atoms with E-state index in [1.54, 1.807) is 36.8 Å². The number of aromatic nitrogens is 4. The molecule has 0 radical (unpaired) electrons. The molecule has 0 spiro atoms. The number of anilines is 3. The molecule has 3 aromatic heterocycles. The lowest BCUT2D eigenvalue weighted by atomic mass is 10.1. The minimum atomic E-state index is -0.502. The van der Waals surface area contributed by atoms with E-state index in [1.807, 2.05) is 31.2 Å². The van der Waals surface area contributed by atoms with Gasteiger partial charge in [-0.2, -0.15) is 0 Å². The third-order valence-electron chi connectivity index (χ3n) is 4.36. The molecule has 0 atom stereocenters. The van der Waals surface area contributed by atoms with E-state index in [9.17, 15) is 9.90 Å². The molecular formula is C22H18N6O2. The molecule has 0 aliphatic heterocycles. The molecule has 1 aromatic carbocycles. The maximum absolute atomic E-state index is 12.4. The first-order valence-electron chi connectivity index (χ1n) is 9.16. The number of aryl methyl sites for hydroxylation is 1. The van der Waals surface area contributed by atoms with E-state index in [-0.39, 0.29) is 11.4 Å². The van der Waals surface area contributed by atoms with E-state index in [0.29, 0.717) is 11.6 Å². The average molecular weight is 398 g/mol. The summed E-state index contributed by atoms with van der Waals surface area (Å²) in [7, 11) is 0. The quantitative estimate of drug-likeness (QED) is 0.467. The summed E-state index contributed by atoms with van der Waals surface area (Å²) in [6.45, 7) is 1.93. The highest BCUT2D eigenvalue weighted by atomic mass is 16.3. The molecule has 0 saturated heterocycles. The van der Waals surface area contributed by atoms with Crippen molar-refractivity contribution < 1.29 is 9.90 Å². The molecule has 4 rings (SSSR count). The topological polar surface area (TPSA) is 113 Å². The van der Waals surface area contributed by atoms with Crippen LogP contribution in [-0.2, 0) is 0 Å². The van der Waals surface area contributed by atoms with Crippen LogP contribution in [0.3, 0.4) is 0 Å². The molecule has 0 aliphatic rings. The summed E-state index contributed by atoms with van der Waals surface area (Å²) in [6.07, 6.45) is 6.56. The minimum Gasteiger partial charge on any atom is -0.505 e. The van der Waals surface area contributed by atoms with Crippen molar-refractivity contribution in [3.63, 3.8) is 0 Å². The van der Waals surface area contributed by atoms with Crippen LogP contribution in [0.5, 0.6) is 5.75 Å². The van der Waals surface area contributed by atoms with E-state index in [1.165, 1.54) is 12.3 Å². The predicted octanol–water partition coefficient (Wildman–Crippen LogP) is 3.94. The Bertz CT molecular complexity index is 1200. The second-order valence-electron chi connectivity index (χ2n) is 6.49. The number of carbonyl (C=O) groups excluding carboxylic acids is 1. The Morgan fingerprint density at radius 3 is 2.67 bits per heavy atom. The Morgan fingerprint density at radius 2 is 1.87 bits per heavy atom. The summed E-state index contributed by atoms with van der Waals surface area (Å²) in [6, 6.07) is 14.0. The first-order valence-corrected chi connectivity index (χ1v) is 9.16. The van der Waals surface area contributed by atoms with Crippen molar-refractivity contribution >= 4 is 23.2 Å². The minimum absolute atomic E-state index is 0.0416. The normalized spacial score (nSPS) is 10.4. The third kappa shape index (κ3) is 4.22. The number of hydrogen-bond acceptors (Lipinski definition) is 7. The van der Waals surface area contributed by atoms with Crippen molar-refractivity contribution in [2.75, 3.05) is 10.6 Å². The number of benzene rings is 1. The summed E-state index contributed by atoms with van der Waals surface area (Å²) in [5, 5.41) is 15.7. The van der Waals surface area contributed by atoms with Crippen LogP contribution < -0.4 is 10.6 Å². The zero-order valence-corrected chi connectivity index (χ0v) is 16.1. The first kappa shape index (κ1) is 19.0. The Labute approximate surface area is 172 Å². The summed E-state index contributed by atoms with van der Waals surface area (Å²) < 4.78 is 0. The fourth-order valence-electron chi connectivity index (χ4n) is 2.81. The van der Waals surface area contributed by atoms with Crippen LogP contribution in [0.1, 0.15) is 16.1 Å². The van der Waals surface area contributed by atoms with Crippen molar-refractivity contribution in [2.45, 2.75) is 6.92 Å². The number of rotatable bonds is 5. The highest BCUT2D eigenvalue weighted by Gasteiger charge is 2.13. The van der Waals surface area contributed by atoms with Crippen LogP contribution in [0, 0.1) is 6.92 Å². The number of pyridine rings is 2. The van der Waals surface area contributed by atoms with Crippen molar-refractivity contribution in [1.82, 2.24) is 19.9 Å². The molecule has 30 heavy (non-hydrogen) atoms. The van der Waals surface area contributed by atoms with Crippen molar-refractivity contribution in [3.8, 4) is 17.0 Å². The van der Waals surface area contributed by atoms with Gasteiger partial charge in [-0.05, 0) is 55.0 Å². The number of hydrogen-bond donors (Lipinski definition) is 3. The fraction of sp³-hybridized carbons (Fsp3) is 0.0455. The predicted molar refractivity (Wildman–Crippen MR) is 114 cm³/mol. The molecule has 0 unspecified atom stereocenters. The van der Waals surface area contributed by atoms with Crippen molar-refractivity contribution in [3.05, 3.63) is 84.6 Å². The Balaban J connectivity index is 1.56. The first-order chi connectivity index (χ1) is 14.6. The van der Waals surface area contributed by atoms with Crippen LogP contribution in [0.2, 0.25) is 0 Å². The smallest absolute Gasteiger partial charge is 0.278 e. The molecule has 0 fully saturated rings. The molecule has 148 valence electrons. The molecule has 8 nitrogen and oxygen atoms in total. The molecule has 3 heterocycles. The van der Waals surface area contributed by atoms with Gasteiger partial charge in [0.15, 0.2) is 5.69 Å². The van der Waals surface area contributed by atoms with E-state index < -0.39 is 5.91 Å². The van der Waals surface area contributed by atoms with Crippen molar-refractivity contribution in [1.29, 1.82) is 0 Å². The summed E-state index contributed by atoms with van der Waals surface area (Å²) in [4.78, 5) is 29.3. The lowest BCUT2D eigenvalue weighted by Gasteiger charge is -2.12. The average Bonchev–Trinajstić information content (AvgIpc) is 2.77. The third-order valence-corrected chi connectivity index (χ3v) is 4.36. The molecular weight excluding hydrogens is 380 g/mol. The monoisotopic (exact) mass is 398 g/mol. The summed E-state index contributed by atoms with van der Waals surface area (Å²) in [5.74, 6) is -0.260. The van der Waals surface area contributed by atoms with E-state index in [2.05, 4.69) is 30.6 Å². The largest absolute Gasteiger partial charge is 0.505 e. The Morgan fingerprint density at radius 1 is 1.00 bits per heavy atom. The molecule has 3 N–H and O–H groups in total. The van der Waals surface area contributed by atoms with Gasteiger partial charge in [-0.15, -0.1) is 0 Å². The van der Waals surface area contributed by atoms with Crippen LogP contribution in [0.4, 0.5) is 17.3 Å². The zero-order valence-electron chi connectivity index (χ0n) is 16.1. The van der Waals surface area contributed by atoms with Gasteiger partial charge in [0, 0.05) is 41.7 Å². The van der Waals surface area contributed by atoms with Gasteiger partial charge in [-0.3, -0.25) is 9.78 Å². The number of nitrogens with one attached hydrogen (secondary N) is 2. The maximum Gasteiger partial charge on any atom is 0.278 e. The Kier molecular flexibility index (Phi) is 5.29. The number of aromatic hydroxyl groups is 1. The van der Waals surface area contributed by atoms with Gasteiger partial charge in [0.1, 0.15) is 5.75 Å². The second kappa shape index (κ2) is 8.36. The van der Waals surface area contributed by atoms with Gasteiger partial charge in [0.2, 0.25) is 5.95 Å². The second-order valence-corrected chi connectivity index (χ2v) is 6.49. The highest BCUT2D eigenvalue weighted by Crippen LogP contribution is 2.25. The van der Waals surface area contributed by atoms with Gasteiger partial charge < -0.3 is 15.7 Å². The molecule has 0 aliphatic carbocycles. The SMILES string of the molecule is Cc1ccc(NC(=O)c2ncccc2O)cc1Nc1nccc(-c2cccnc2)n1. The molecule has 1 amide bonds. The van der Waals surface area contributed by atoms with E-state index in [0.717, 1.165) is 22.5 Å². The Hall–Kier alpha value is -4.33. The van der Waals surface area contributed by atoms with Gasteiger partial charge in [-0.25, -0.2) is 15.0 Å². The fourth-order valence-corrected chi connectivity index (χ4v) is 2.81. The van der Waals surface area contributed by atoms with Gasteiger partial charge in [0.05, 0.1) is 5.69 Å². The number of carbonyl (C=O) groups is 1. The standard InChI is InChI=1S/C22H18N6O2/c1-14-6-7-16(26-21(30)20-19(29)5-3-10-24-20)12-18(14)28-22-25-11-8-17(27-22)15-4-2-9-23-13-15/h2-13,29H,1H3,(H,26,30)(H,25,27,28). The number of nitrogens with zero attached hydrogens (tertiary/aromatic N) is 4. The van der Waals surface area contributed by atoms with E-state index >= 15 is 0 Å². The number of amides is 1. The summed E-state index contributed by atoms with van der Waals surface area (Å²) >= 11 is 0.